The van der Waals surface area contributed by atoms with Gasteiger partial charge in [0, 0.05) is 19.8 Å². The molecule has 29 heavy (non-hydrogen) atoms. The number of nitrogens with two attached hydrogens (primary N) is 1. The normalized spacial score (nSPS) is 12.3. The minimum Gasteiger partial charge on any atom is -0.368 e. The van der Waals surface area contributed by atoms with Gasteiger partial charge in [-0.2, -0.15) is 5.26 Å². The van der Waals surface area contributed by atoms with Crippen molar-refractivity contribution in [3.05, 3.63) is 71.0 Å². The second-order valence-electron chi connectivity index (χ2n) is 6.52. The van der Waals surface area contributed by atoms with E-state index in [0.29, 0.717) is 16.7 Å². The Morgan fingerprint density at radius 1 is 1.07 bits per heavy atom. The molecular weight excluding hydrogens is 375 g/mol. The number of nitrogens with zero attached hydrogens (tertiary/aromatic N) is 1. The van der Waals surface area contributed by atoms with Crippen LogP contribution in [0, 0.1) is 17.1 Å². The van der Waals surface area contributed by atoms with Crippen LogP contribution in [0.4, 0.5) is 4.39 Å². The van der Waals surface area contributed by atoms with Crippen LogP contribution < -0.4 is 16.4 Å². The first-order valence-electron chi connectivity index (χ1n) is 8.89. The van der Waals surface area contributed by atoms with Gasteiger partial charge in [-0.1, -0.05) is 30.3 Å². The molecule has 0 fully saturated rings. The van der Waals surface area contributed by atoms with Crippen LogP contribution in [0.1, 0.15) is 23.6 Å². The molecule has 0 saturated heterocycles. The molecule has 7 nitrogen and oxygen atoms in total. The first-order valence-corrected chi connectivity index (χ1v) is 8.89. The van der Waals surface area contributed by atoms with E-state index >= 15 is 0 Å². The van der Waals surface area contributed by atoms with E-state index in [1.165, 1.54) is 25.1 Å². The molecule has 0 heterocycles. The molecule has 0 aromatic heterocycles. The van der Waals surface area contributed by atoms with Gasteiger partial charge in [0.15, 0.2) is 0 Å². The summed E-state index contributed by atoms with van der Waals surface area (Å²) in [5, 5.41) is 14.2. The molecule has 0 aliphatic carbocycles. The molecule has 2 aromatic rings. The Hall–Kier alpha value is -3.73. The number of halogens is 1. The number of hydrogen-bond donors (Lipinski definition) is 3. The zero-order chi connectivity index (χ0) is 21.4. The number of primary amides is 1. The molecule has 0 spiro atoms. The number of amides is 3. The molecule has 0 bridgehead atoms. The lowest BCUT2D eigenvalue weighted by Crippen LogP contribution is -2.54. The Labute approximate surface area is 167 Å². The summed E-state index contributed by atoms with van der Waals surface area (Å²) in [7, 11) is 0. The van der Waals surface area contributed by atoms with Crippen molar-refractivity contribution in [2.24, 2.45) is 5.73 Å². The highest BCUT2D eigenvalue weighted by Crippen LogP contribution is 2.11. The van der Waals surface area contributed by atoms with Crippen LogP contribution in [0.2, 0.25) is 0 Å². The summed E-state index contributed by atoms with van der Waals surface area (Å²) in [6.07, 6.45) is 0.0565. The smallest absolute Gasteiger partial charge is 0.243 e. The molecule has 2 aromatic carbocycles. The molecule has 2 rings (SSSR count). The predicted octanol–water partition coefficient (Wildman–Crippen LogP) is 0.957. The molecule has 0 unspecified atom stereocenters. The van der Waals surface area contributed by atoms with Crippen LogP contribution in [0.15, 0.2) is 48.5 Å². The highest BCUT2D eigenvalue weighted by atomic mass is 19.1. The Morgan fingerprint density at radius 3 is 2.41 bits per heavy atom. The van der Waals surface area contributed by atoms with Crippen LogP contribution in [0.25, 0.3) is 0 Å². The maximum Gasteiger partial charge on any atom is 0.243 e. The number of hydrogen-bond acceptors (Lipinski definition) is 4. The van der Waals surface area contributed by atoms with Gasteiger partial charge in [0.25, 0.3) is 0 Å². The van der Waals surface area contributed by atoms with Gasteiger partial charge in [0.2, 0.25) is 17.7 Å². The fourth-order valence-corrected chi connectivity index (χ4v) is 2.88. The Morgan fingerprint density at radius 2 is 1.79 bits per heavy atom. The van der Waals surface area contributed by atoms with Crippen LogP contribution in [-0.2, 0) is 27.2 Å². The maximum absolute atomic E-state index is 13.4. The lowest BCUT2D eigenvalue weighted by atomic mass is 9.99. The fraction of sp³-hybridized carbons (Fsp3) is 0.238. The topological polar surface area (TPSA) is 125 Å². The standard InChI is InChI=1S/C21H21FN4O3/c1-13(27)25-19(10-14-5-4-8-17(22)9-14)21(29)26-18(20(24)28)11-15-6-2-3-7-16(15)12-23/h2-9,18-19H,10-11H2,1H3,(H2,24,28)(H,25,27)(H,26,29)/t18-,19+/m1/s1. The van der Waals surface area contributed by atoms with E-state index in [2.05, 4.69) is 10.6 Å². The van der Waals surface area contributed by atoms with E-state index in [1.807, 2.05) is 6.07 Å². The van der Waals surface area contributed by atoms with Crippen LogP contribution >= 0.6 is 0 Å². The summed E-state index contributed by atoms with van der Waals surface area (Å²) in [6.45, 7) is 1.25. The quantitative estimate of drug-likeness (QED) is 0.614. The number of nitriles is 1. The van der Waals surface area contributed by atoms with E-state index in [9.17, 15) is 24.0 Å². The molecule has 0 saturated carbocycles. The summed E-state index contributed by atoms with van der Waals surface area (Å²) < 4.78 is 13.4. The summed E-state index contributed by atoms with van der Waals surface area (Å²) in [5.41, 5.74) is 6.85. The van der Waals surface area contributed by atoms with E-state index in [-0.39, 0.29) is 12.8 Å². The van der Waals surface area contributed by atoms with E-state index < -0.39 is 35.6 Å². The van der Waals surface area contributed by atoms with Crippen molar-refractivity contribution >= 4 is 17.7 Å². The second-order valence-corrected chi connectivity index (χ2v) is 6.52. The lowest BCUT2D eigenvalue weighted by molar-refractivity contribution is -0.130. The summed E-state index contributed by atoms with van der Waals surface area (Å²) in [5.74, 6) is -2.33. The third kappa shape index (κ3) is 6.43. The first kappa shape index (κ1) is 21.6. The minimum atomic E-state index is -1.08. The van der Waals surface area contributed by atoms with Crippen molar-refractivity contribution in [2.75, 3.05) is 0 Å². The zero-order valence-electron chi connectivity index (χ0n) is 15.8. The van der Waals surface area contributed by atoms with Gasteiger partial charge < -0.3 is 16.4 Å². The highest BCUT2D eigenvalue weighted by molar-refractivity contribution is 5.91. The van der Waals surface area contributed by atoms with Crippen LogP contribution in [-0.4, -0.2) is 29.8 Å². The molecule has 8 heteroatoms. The number of benzene rings is 2. The summed E-state index contributed by atoms with van der Waals surface area (Å²) in [4.78, 5) is 36.1. The van der Waals surface area contributed by atoms with Crippen molar-refractivity contribution in [3.8, 4) is 6.07 Å². The first-order chi connectivity index (χ1) is 13.8. The average Bonchev–Trinajstić information content (AvgIpc) is 2.66. The van der Waals surface area contributed by atoms with Crippen molar-refractivity contribution in [1.82, 2.24) is 10.6 Å². The van der Waals surface area contributed by atoms with Crippen molar-refractivity contribution in [2.45, 2.75) is 31.8 Å². The molecule has 2 atom stereocenters. The number of carbonyl (C=O) groups excluding carboxylic acids is 3. The van der Waals surface area contributed by atoms with Crippen molar-refractivity contribution in [3.63, 3.8) is 0 Å². The van der Waals surface area contributed by atoms with Crippen LogP contribution in [0.5, 0.6) is 0 Å². The van der Waals surface area contributed by atoms with E-state index in [0.717, 1.165) is 0 Å². The van der Waals surface area contributed by atoms with Gasteiger partial charge in [-0.3, -0.25) is 14.4 Å². The molecular formula is C21H21FN4O3. The molecule has 0 radical (unpaired) electrons. The molecule has 0 aliphatic rings. The Balaban J connectivity index is 2.18. The highest BCUT2D eigenvalue weighted by Gasteiger charge is 2.26. The third-order valence-electron chi connectivity index (χ3n) is 4.24. The maximum atomic E-state index is 13.4. The van der Waals surface area contributed by atoms with E-state index in [1.54, 1.807) is 30.3 Å². The summed E-state index contributed by atoms with van der Waals surface area (Å²) >= 11 is 0. The van der Waals surface area contributed by atoms with Gasteiger partial charge >= 0.3 is 0 Å². The van der Waals surface area contributed by atoms with Crippen molar-refractivity contribution < 1.29 is 18.8 Å². The fourth-order valence-electron chi connectivity index (χ4n) is 2.88. The largest absolute Gasteiger partial charge is 0.368 e. The van der Waals surface area contributed by atoms with Gasteiger partial charge in [-0.05, 0) is 29.3 Å². The monoisotopic (exact) mass is 396 g/mol. The minimum absolute atomic E-state index is 0.0254. The van der Waals surface area contributed by atoms with Crippen LogP contribution in [0.3, 0.4) is 0 Å². The Bertz CT molecular complexity index is 955. The number of carbonyl (C=O) groups is 3. The zero-order valence-corrected chi connectivity index (χ0v) is 15.8. The lowest BCUT2D eigenvalue weighted by Gasteiger charge is -2.22. The van der Waals surface area contributed by atoms with Gasteiger partial charge in [0.1, 0.15) is 17.9 Å². The van der Waals surface area contributed by atoms with Gasteiger partial charge in [-0.15, -0.1) is 0 Å². The molecule has 4 N–H and O–H groups in total. The summed E-state index contributed by atoms with van der Waals surface area (Å²) in [6, 6.07) is 12.2. The number of nitrogens with one attached hydrogen (secondary N) is 2. The third-order valence-corrected chi connectivity index (χ3v) is 4.24. The van der Waals surface area contributed by atoms with Crippen molar-refractivity contribution in [1.29, 1.82) is 5.26 Å². The Kier molecular flexibility index (Phi) is 7.43. The van der Waals surface area contributed by atoms with Gasteiger partial charge in [0.05, 0.1) is 11.6 Å². The SMILES string of the molecule is CC(=O)N[C@@H](Cc1cccc(F)c1)C(=O)N[C@H](Cc1ccccc1C#N)C(N)=O. The van der Waals surface area contributed by atoms with Gasteiger partial charge in [-0.25, -0.2) is 4.39 Å². The molecule has 3 amide bonds. The average molecular weight is 396 g/mol. The van der Waals surface area contributed by atoms with E-state index in [4.69, 9.17) is 5.73 Å². The second kappa shape index (κ2) is 9.99. The predicted molar refractivity (Wildman–Crippen MR) is 104 cm³/mol. The molecule has 0 aliphatic heterocycles. The number of rotatable bonds is 8. The molecule has 150 valence electrons.